The first-order valence-electron chi connectivity index (χ1n) is 7.91. The zero-order valence-electron chi connectivity index (χ0n) is 13.1. The molecule has 0 aromatic heterocycles. The van der Waals surface area contributed by atoms with Crippen LogP contribution in [0.25, 0.3) is 21.5 Å². The molecule has 23 heavy (non-hydrogen) atoms. The van der Waals surface area contributed by atoms with E-state index in [4.69, 9.17) is 4.74 Å². The lowest BCUT2D eigenvalue weighted by molar-refractivity contribution is 0.310. The van der Waals surface area contributed by atoms with Gasteiger partial charge in [-0.3, -0.25) is 0 Å². The fraction of sp³-hybridized carbons (Fsp3) is 0.0909. The molecule has 0 amide bonds. The Morgan fingerprint density at radius 2 is 1.43 bits per heavy atom. The van der Waals surface area contributed by atoms with E-state index in [0.717, 1.165) is 5.75 Å². The molecule has 1 heteroatoms. The Morgan fingerprint density at radius 1 is 0.696 bits per heavy atom. The zero-order valence-corrected chi connectivity index (χ0v) is 13.1. The lowest BCUT2D eigenvalue weighted by Gasteiger charge is -2.13. The Hall–Kier alpha value is -2.80. The van der Waals surface area contributed by atoms with Crippen LogP contribution in [-0.2, 0) is 6.61 Å². The minimum atomic E-state index is 0.589. The Balaban J connectivity index is 1.81. The number of hydrogen-bond acceptors (Lipinski definition) is 1. The summed E-state index contributed by atoms with van der Waals surface area (Å²) in [5.41, 5.74) is 2.49. The SMILES string of the molecule is Cc1c2ccccc2cc2c(OCc3ccccc3)cccc12. The second-order valence-electron chi connectivity index (χ2n) is 5.85. The van der Waals surface area contributed by atoms with Gasteiger partial charge in [-0.25, -0.2) is 0 Å². The number of ether oxygens (including phenoxy) is 1. The molecular weight excluding hydrogens is 280 g/mol. The van der Waals surface area contributed by atoms with Gasteiger partial charge in [0.25, 0.3) is 0 Å². The number of aryl methyl sites for hydroxylation is 1. The van der Waals surface area contributed by atoms with Crippen molar-refractivity contribution in [2.75, 3.05) is 0 Å². The Bertz CT molecular complexity index is 971. The van der Waals surface area contributed by atoms with E-state index in [1.54, 1.807) is 0 Å². The summed E-state index contributed by atoms with van der Waals surface area (Å²) in [6.07, 6.45) is 0. The minimum Gasteiger partial charge on any atom is -0.488 e. The highest BCUT2D eigenvalue weighted by atomic mass is 16.5. The van der Waals surface area contributed by atoms with E-state index in [2.05, 4.69) is 67.6 Å². The molecule has 0 aliphatic rings. The summed E-state index contributed by atoms with van der Waals surface area (Å²) in [6.45, 7) is 2.78. The van der Waals surface area contributed by atoms with Crippen molar-refractivity contribution in [1.82, 2.24) is 0 Å². The van der Waals surface area contributed by atoms with Crippen LogP contribution < -0.4 is 4.74 Å². The van der Waals surface area contributed by atoms with Crippen molar-refractivity contribution in [2.24, 2.45) is 0 Å². The Kier molecular flexibility index (Phi) is 3.47. The second-order valence-corrected chi connectivity index (χ2v) is 5.85. The second kappa shape index (κ2) is 5.77. The van der Waals surface area contributed by atoms with Crippen molar-refractivity contribution >= 4 is 21.5 Å². The van der Waals surface area contributed by atoms with Gasteiger partial charge in [-0.2, -0.15) is 0 Å². The molecule has 1 nitrogen and oxygen atoms in total. The van der Waals surface area contributed by atoms with Gasteiger partial charge in [-0.15, -0.1) is 0 Å². The number of rotatable bonds is 3. The van der Waals surface area contributed by atoms with Gasteiger partial charge in [0.2, 0.25) is 0 Å². The molecule has 4 aromatic carbocycles. The first-order valence-corrected chi connectivity index (χ1v) is 7.91. The predicted octanol–water partition coefficient (Wildman–Crippen LogP) is 5.88. The third-order valence-electron chi connectivity index (χ3n) is 4.37. The summed E-state index contributed by atoms with van der Waals surface area (Å²) in [7, 11) is 0. The van der Waals surface area contributed by atoms with Crippen LogP contribution in [0.2, 0.25) is 0 Å². The molecule has 0 N–H and O–H groups in total. The molecule has 0 unspecified atom stereocenters. The van der Waals surface area contributed by atoms with Crippen molar-refractivity contribution in [3.63, 3.8) is 0 Å². The van der Waals surface area contributed by atoms with E-state index in [1.165, 1.54) is 32.7 Å². The topological polar surface area (TPSA) is 9.23 Å². The quantitative estimate of drug-likeness (QED) is 0.429. The molecule has 0 aliphatic heterocycles. The third-order valence-corrected chi connectivity index (χ3v) is 4.37. The van der Waals surface area contributed by atoms with Gasteiger partial charge >= 0.3 is 0 Å². The van der Waals surface area contributed by atoms with Gasteiger partial charge in [0.1, 0.15) is 12.4 Å². The van der Waals surface area contributed by atoms with E-state index in [-0.39, 0.29) is 0 Å². The average molecular weight is 298 g/mol. The van der Waals surface area contributed by atoms with E-state index < -0.39 is 0 Å². The van der Waals surface area contributed by atoms with Crippen LogP contribution in [0.3, 0.4) is 0 Å². The number of fused-ring (bicyclic) bond motifs is 2. The van der Waals surface area contributed by atoms with E-state index in [0.29, 0.717) is 6.61 Å². The molecule has 0 spiro atoms. The van der Waals surface area contributed by atoms with Gasteiger partial charge < -0.3 is 4.74 Å². The molecule has 0 saturated heterocycles. The van der Waals surface area contributed by atoms with Crippen LogP contribution >= 0.6 is 0 Å². The lowest BCUT2D eigenvalue weighted by atomic mass is 9.97. The fourth-order valence-corrected chi connectivity index (χ4v) is 3.15. The van der Waals surface area contributed by atoms with Crippen molar-refractivity contribution in [1.29, 1.82) is 0 Å². The van der Waals surface area contributed by atoms with Gasteiger partial charge in [0.05, 0.1) is 0 Å². The molecule has 4 rings (SSSR count). The molecule has 0 bridgehead atoms. The average Bonchev–Trinajstić information content (AvgIpc) is 2.61. The largest absolute Gasteiger partial charge is 0.488 e. The summed E-state index contributed by atoms with van der Waals surface area (Å²) in [4.78, 5) is 0. The van der Waals surface area contributed by atoms with Crippen LogP contribution in [0.15, 0.2) is 78.9 Å². The first-order chi connectivity index (χ1) is 11.3. The molecule has 0 radical (unpaired) electrons. The van der Waals surface area contributed by atoms with Crippen LogP contribution in [0.4, 0.5) is 0 Å². The summed E-state index contributed by atoms with van der Waals surface area (Å²) in [5.74, 6) is 0.945. The highest BCUT2D eigenvalue weighted by Gasteiger charge is 2.08. The van der Waals surface area contributed by atoms with Gasteiger partial charge in [-0.1, -0.05) is 66.7 Å². The van der Waals surface area contributed by atoms with Gasteiger partial charge in [0, 0.05) is 5.39 Å². The maximum atomic E-state index is 6.11. The molecule has 0 aliphatic carbocycles. The Labute approximate surface area is 136 Å². The maximum absolute atomic E-state index is 6.11. The summed E-state index contributed by atoms with van der Waals surface area (Å²) >= 11 is 0. The fourth-order valence-electron chi connectivity index (χ4n) is 3.15. The van der Waals surface area contributed by atoms with E-state index in [1.807, 2.05) is 18.2 Å². The zero-order chi connectivity index (χ0) is 15.6. The normalized spacial score (nSPS) is 11.0. The van der Waals surface area contributed by atoms with Gasteiger partial charge in [0.15, 0.2) is 0 Å². The summed E-state index contributed by atoms with van der Waals surface area (Å²) in [5, 5.41) is 5.00. The minimum absolute atomic E-state index is 0.589. The molecule has 0 heterocycles. The van der Waals surface area contributed by atoms with E-state index in [9.17, 15) is 0 Å². The maximum Gasteiger partial charge on any atom is 0.127 e. The molecule has 0 fully saturated rings. The third kappa shape index (κ3) is 2.55. The molecular formula is C22H18O. The number of hydrogen-bond donors (Lipinski definition) is 0. The van der Waals surface area contributed by atoms with Crippen LogP contribution in [0.5, 0.6) is 5.75 Å². The van der Waals surface area contributed by atoms with E-state index >= 15 is 0 Å². The summed E-state index contributed by atoms with van der Waals surface area (Å²) in [6, 6.07) is 27.3. The van der Waals surface area contributed by atoms with Crippen molar-refractivity contribution < 1.29 is 4.74 Å². The molecule has 112 valence electrons. The monoisotopic (exact) mass is 298 g/mol. The number of benzene rings is 4. The predicted molar refractivity (Wildman–Crippen MR) is 97.0 cm³/mol. The molecule has 0 saturated carbocycles. The smallest absolute Gasteiger partial charge is 0.127 e. The summed E-state index contributed by atoms with van der Waals surface area (Å²) < 4.78 is 6.11. The van der Waals surface area contributed by atoms with Crippen molar-refractivity contribution in [3.05, 3.63) is 90.0 Å². The lowest BCUT2D eigenvalue weighted by Crippen LogP contribution is -1.96. The van der Waals surface area contributed by atoms with Crippen LogP contribution in [0.1, 0.15) is 11.1 Å². The standard InChI is InChI=1S/C22H18O/c1-16-19-11-6-5-10-18(19)14-21-20(16)12-7-13-22(21)23-15-17-8-3-2-4-9-17/h2-14H,15H2,1H3. The highest BCUT2D eigenvalue weighted by molar-refractivity contribution is 6.04. The van der Waals surface area contributed by atoms with Gasteiger partial charge in [-0.05, 0) is 46.3 Å². The molecule has 4 aromatic rings. The van der Waals surface area contributed by atoms with Crippen molar-refractivity contribution in [3.8, 4) is 5.75 Å². The van der Waals surface area contributed by atoms with Crippen LogP contribution in [0, 0.1) is 6.92 Å². The molecule has 0 atom stereocenters. The Morgan fingerprint density at radius 3 is 2.30 bits per heavy atom. The van der Waals surface area contributed by atoms with Crippen molar-refractivity contribution in [2.45, 2.75) is 13.5 Å². The first kappa shape index (κ1) is 13.8. The van der Waals surface area contributed by atoms with Crippen LogP contribution in [-0.4, -0.2) is 0 Å². The highest BCUT2D eigenvalue weighted by Crippen LogP contribution is 2.33.